The molecule has 0 radical (unpaired) electrons. The number of hydrogen-bond donors (Lipinski definition) is 0. The maximum atomic E-state index is 12.6. The Morgan fingerprint density at radius 3 is 2.23 bits per heavy atom. The summed E-state index contributed by atoms with van der Waals surface area (Å²) >= 11 is 0.987. The van der Waals surface area contributed by atoms with Crippen molar-refractivity contribution in [2.24, 2.45) is 0 Å². The first kappa shape index (κ1) is 14.6. The molecule has 0 saturated carbocycles. The van der Waals surface area contributed by atoms with Crippen LogP contribution in [0.4, 0.5) is 10.5 Å². The third-order valence-electron chi connectivity index (χ3n) is 3.63. The number of anilines is 1. The molecular formula is C18H15NO2S. The lowest BCUT2D eigenvalue weighted by Gasteiger charge is -2.14. The van der Waals surface area contributed by atoms with Gasteiger partial charge in [-0.05, 0) is 54.4 Å². The van der Waals surface area contributed by atoms with E-state index in [1.807, 2.05) is 56.3 Å². The number of imide groups is 1. The molecule has 3 rings (SSSR count). The van der Waals surface area contributed by atoms with Crippen molar-refractivity contribution < 1.29 is 9.59 Å². The van der Waals surface area contributed by atoms with Gasteiger partial charge in [0.2, 0.25) is 0 Å². The Morgan fingerprint density at radius 1 is 0.909 bits per heavy atom. The van der Waals surface area contributed by atoms with Gasteiger partial charge in [0.1, 0.15) is 0 Å². The van der Waals surface area contributed by atoms with Crippen LogP contribution in [0, 0.1) is 13.8 Å². The fourth-order valence-electron chi connectivity index (χ4n) is 2.38. The van der Waals surface area contributed by atoms with E-state index in [2.05, 4.69) is 0 Å². The van der Waals surface area contributed by atoms with E-state index in [9.17, 15) is 9.59 Å². The molecule has 2 aromatic carbocycles. The highest BCUT2D eigenvalue weighted by Crippen LogP contribution is 2.37. The number of carbonyl (C=O) groups is 2. The zero-order valence-corrected chi connectivity index (χ0v) is 13.2. The second-order valence-electron chi connectivity index (χ2n) is 5.16. The van der Waals surface area contributed by atoms with E-state index in [4.69, 9.17) is 0 Å². The van der Waals surface area contributed by atoms with Crippen LogP contribution in [0.5, 0.6) is 0 Å². The van der Waals surface area contributed by atoms with Gasteiger partial charge in [0, 0.05) is 0 Å². The number of para-hydroxylation sites is 1. The molecular weight excluding hydrogens is 294 g/mol. The predicted molar refractivity (Wildman–Crippen MR) is 90.8 cm³/mol. The van der Waals surface area contributed by atoms with E-state index in [1.165, 1.54) is 4.90 Å². The fourth-order valence-corrected chi connectivity index (χ4v) is 3.20. The molecule has 22 heavy (non-hydrogen) atoms. The Labute approximate surface area is 133 Å². The maximum Gasteiger partial charge on any atom is 0.298 e. The van der Waals surface area contributed by atoms with Crippen LogP contribution in [0.25, 0.3) is 6.08 Å². The zero-order valence-electron chi connectivity index (χ0n) is 12.4. The van der Waals surface area contributed by atoms with Crippen molar-refractivity contribution in [1.82, 2.24) is 0 Å². The van der Waals surface area contributed by atoms with E-state index in [-0.39, 0.29) is 11.1 Å². The average molecular weight is 309 g/mol. The van der Waals surface area contributed by atoms with Crippen LogP contribution in [0.2, 0.25) is 0 Å². The summed E-state index contributed by atoms with van der Waals surface area (Å²) in [4.78, 5) is 26.6. The Balaban J connectivity index is 1.99. The van der Waals surface area contributed by atoms with E-state index in [0.717, 1.165) is 28.5 Å². The lowest BCUT2D eigenvalue weighted by Crippen LogP contribution is -2.28. The van der Waals surface area contributed by atoms with Crippen LogP contribution in [-0.2, 0) is 4.79 Å². The van der Waals surface area contributed by atoms with Gasteiger partial charge in [0.05, 0.1) is 10.6 Å². The van der Waals surface area contributed by atoms with Crippen molar-refractivity contribution in [3.8, 4) is 0 Å². The normalized spacial score (nSPS) is 16.6. The SMILES string of the molecule is Cc1ccccc1/C=C1\SC(=O)N(c2ccccc2C)C1=O. The molecule has 0 spiro atoms. The van der Waals surface area contributed by atoms with Crippen LogP contribution in [0.1, 0.15) is 16.7 Å². The molecule has 1 saturated heterocycles. The molecule has 0 atom stereocenters. The Hall–Kier alpha value is -2.33. The van der Waals surface area contributed by atoms with Crippen LogP contribution >= 0.6 is 11.8 Å². The van der Waals surface area contributed by atoms with Gasteiger partial charge in [0.15, 0.2) is 0 Å². The van der Waals surface area contributed by atoms with E-state index >= 15 is 0 Å². The monoisotopic (exact) mass is 309 g/mol. The molecule has 0 aromatic heterocycles. The maximum absolute atomic E-state index is 12.6. The molecule has 1 fully saturated rings. The highest BCUT2D eigenvalue weighted by atomic mass is 32.2. The van der Waals surface area contributed by atoms with Gasteiger partial charge in [0.25, 0.3) is 11.1 Å². The van der Waals surface area contributed by atoms with Crippen LogP contribution in [0.3, 0.4) is 0 Å². The number of benzene rings is 2. The van der Waals surface area contributed by atoms with Gasteiger partial charge < -0.3 is 0 Å². The second-order valence-corrected chi connectivity index (χ2v) is 6.15. The van der Waals surface area contributed by atoms with Gasteiger partial charge in [-0.1, -0.05) is 42.5 Å². The van der Waals surface area contributed by atoms with Gasteiger partial charge in [-0.25, -0.2) is 4.90 Å². The molecule has 1 heterocycles. The molecule has 2 aromatic rings. The number of rotatable bonds is 2. The van der Waals surface area contributed by atoms with Gasteiger partial charge in [-0.15, -0.1) is 0 Å². The summed E-state index contributed by atoms with van der Waals surface area (Å²) in [5, 5.41) is -0.251. The topological polar surface area (TPSA) is 37.4 Å². The molecule has 0 aliphatic carbocycles. The quantitative estimate of drug-likeness (QED) is 0.764. The first-order valence-electron chi connectivity index (χ1n) is 6.97. The van der Waals surface area contributed by atoms with Gasteiger partial charge in [-0.2, -0.15) is 0 Å². The third-order valence-corrected chi connectivity index (χ3v) is 4.49. The highest BCUT2D eigenvalue weighted by Gasteiger charge is 2.36. The minimum atomic E-state index is -0.257. The van der Waals surface area contributed by atoms with Crippen molar-refractivity contribution in [2.45, 2.75) is 13.8 Å². The molecule has 0 bridgehead atoms. The Kier molecular flexibility index (Phi) is 3.86. The Morgan fingerprint density at radius 2 is 1.55 bits per heavy atom. The summed E-state index contributed by atoms with van der Waals surface area (Å²) < 4.78 is 0. The van der Waals surface area contributed by atoms with Crippen molar-refractivity contribution in [3.63, 3.8) is 0 Å². The summed E-state index contributed by atoms with van der Waals surface area (Å²) in [5.41, 5.74) is 3.59. The standard InChI is InChI=1S/C18H15NO2S/c1-12-7-3-5-9-14(12)11-16-17(20)19(18(21)22-16)15-10-6-4-8-13(15)2/h3-11H,1-2H3/b16-11-. The number of hydrogen-bond acceptors (Lipinski definition) is 3. The van der Waals surface area contributed by atoms with Crippen molar-refractivity contribution in [3.05, 3.63) is 70.1 Å². The lowest BCUT2D eigenvalue weighted by atomic mass is 10.1. The van der Waals surface area contributed by atoms with Crippen LogP contribution < -0.4 is 4.90 Å². The first-order chi connectivity index (χ1) is 10.6. The summed E-state index contributed by atoms with van der Waals surface area (Å²) in [6.45, 7) is 3.88. The van der Waals surface area contributed by atoms with E-state index < -0.39 is 0 Å². The Bertz CT molecular complexity index is 795. The molecule has 110 valence electrons. The summed E-state index contributed by atoms with van der Waals surface area (Å²) in [6.07, 6.45) is 1.79. The predicted octanol–water partition coefficient (Wildman–Crippen LogP) is 4.54. The minimum Gasteiger partial charge on any atom is -0.268 e. The van der Waals surface area contributed by atoms with Gasteiger partial charge in [-0.3, -0.25) is 9.59 Å². The highest BCUT2D eigenvalue weighted by molar-refractivity contribution is 8.19. The molecule has 4 heteroatoms. The number of amides is 2. The lowest BCUT2D eigenvalue weighted by molar-refractivity contribution is -0.113. The minimum absolute atomic E-state index is 0.251. The van der Waals surface area contributed by atoms with Crippen LogP contribution in [-0.4, -0.2) is 11.1 Å². The number of thioether (sulfide) groups is 1. The van der Waals surface area contributed by atoms with Crippen molar-refractivity contribution in [1.29, 1.82) is 0 Å². The molecule has 0 N–H and O–H groups in total. The van der Waals surface area contributed by atoms with Crippen LogP contribution in [0.15, 0.2) is 53.4 Å². The van der Waals surface area contributed by atoms with Crippen molar-refractivity contribution in [2.75, 3.05) is 4.90 Å². The average Bonchev–Trinajstić information content (AvgIpc) is 2.77. The molecule has 3 nitrogen and oxygen atoms in total. The smallest absolute Gasteiger partial charge is 0.268 e. The number of aryl methyl sites for hydroxylation is 2. The molecule has 0 unspecified atom stereocenters. The number of carbonyl (C=O) groups excluding carboxylic acids is 2. The summed E-state index contributed by atoms with van der Waals surface area (Å²) in [7, 11) is 0. The molecule has 2 amide bonds. The summed E-state index contributed by atoms with van der Waals surface area (Å²) in [5.74, 6) is -0.257. The van der Waals surface area contributed by atoms with E-state index in [1.54, 1.807) is 12.1 Å². The molecule has 1 aliphatic heterocycles. The second kappa shape index (κ2) is 5.81. The summed E-state index contributed by atoms with van der Waals surface area (Å²) in [6, 6.07) is 15.2. The van der Waals surface area contributed by atoms with Gasteiger partial charge >= 0.3 is 0 Å². The van der Waals surface area contributed by atoms with Crippen molar-refractivity contribution >= 4 is 34.7 Å². The third kappa shape index (κ3) is 2.57. The first-order valence-corrected chi connectivity index (χ1v) is 7.79. The van der Waals surface area contributed by atoms with E-state index in [0.29, 0.717) is 10.6 Å². The zero-order chi connectivity index (χ0) is 15.7. The molecule has 1 aliphatic rings. The largest absolute Gasteiger partial charge is 0.298 e. The number of nitrogens with zero attached hydrogens (tertiary/aromatic N) is 1. The fraction of sp³-hybridized carbons (Fsp3) is 0.111.